The van der Waals surface area contributed by atoms with Gasteiger partial charge in [0.2, 0.25) is 10.0 Å². The molecule has 1 amide bonds. The third kappa shape index (κ3) is 5.43. The fourth-order valence-electron chi connectivity index (χ4n) is 2.82. The van der Waals surface area contributed by atoms with Crippen LogP contribution in [0, 0.1) is 6.92 Å². The van der Waals surface area contributed by atoms with Gasteiger partial charge in [0.1, 0.15) is 5.75 Å². The van der Waals surface area contributed by atoms with Gasteiger partial charge in [-0.25, -0.2) is 13.1 Å². The van der Waals surface area contributed by atoms with Crippen molar-refractivity contribution in [2.75, 3.05) is 45.9 Å². The van der Waals surface area contributed by atoms with Crippen molar-refractivity contribution in [3.63, 3.8) is 0 Å². The average molecular weight is 384 g/mol. The van der Waals surface area contributed by atoms with Crippen molar-refractivity contribution in [1.82, 2.24) is 14.5 Å². The number of benzene rings is 1. The Morgan fingerprint density at radius 2 is 1.88 bits per heavy atom. The smallest absolute Gasteiger partial charge is 0.260 e. The molecule has 0 spiro atoms. The van der Waals surface area contributed by atoms with Gasteiger partial charge in [-0.05, 0) is 43.7 Å². The highest BCUT2D eigenvalue weighted by atomic mass is 32.2. The van der Waals surface area contributed by atoms with Gasteiger partial charge in [0.15, 0.2) is 6.61 Å². The maximum absolute atomic E-state index is 12.3. The lowest BCUT2D eigenvalue weighted by Crippen LogP contribution is -2.49. The number of carbonyl (C=O) groups is 1. The predicted octanol–water partition coefficient (Wildman–Crippen LogP) is 1.23. The Morgan fingerprint density at radius 3 is 2.46 bits per heavy atom. The molecule has 0 radical (unpaired) electrons. The molecular formula is C18H29N3O4S. The van der Waals surface area contributed by atoms with Crippen LogP contribution in [0.3, 0.4) is 0 Å². The van der Waals surface area contributed by atoms with E-state index in [1.165, 1.54) is 6.07 Å². The van der Waals surface area contributed by atoms with Crippen LogP contribution in [0.1, 0.15) is 25.8 Å². The minimum absolute atomic E-state index is 0.0346. The van der Waals surface area contributed by atoms with Gasteiger partial charge in [-0.2, -0.15) is 0 Å². The molecule has 0 unspecified atom stereocenters. The number of piperazine rings is 1. The number of rotatable bonds is 8. The number of ether oxygens (including phenoxy) is 1. The fourth-order valence-corrected chi connectivity index (χ4v) is 4.03. The molecule has 1 aromatic carbocycles. The summed E-state index contributed by atoms with van der Waals surface area (Å²) in [6, 6.07) is 4.68. The lowest BCUT2D eigenvalue weighted by molar-refractivity contribution is -0.135. The number of hydrogen-bond donors (Lipinski definition) is 1. The lowest BCUT2D eigenvalue weighted by atomic mass is 10.2. The van der Waals surface area contributed by atoms with Gasteiger partial charge in [0, 0.05) is 32.7 Å². The van der Waals surface area contributed by atoms with E-state index < -0.39 is 10.0 Å². The first-order chi connectivity index (χ1) is 12.4. The number of carbonyl (C=O) groups excluding carboxylic acids is 1. The zero-order valence-corrected chi connectivity index (χ0v) is 16.6. The molecule has 1 heterocycles. The maximum atomic E-state index is 12.3. The summed E-state index contributed by atoms with van der Waals surface area (Å²) in [7, 11) is -3.50. The van der Waals surface area contributed by atoms with E-state index in [-0.39, 0.29) is 17.4 Å². The van der Waals surface area contributed by atoms with Crippen molar-refractivity contribution in [3.05, 3.63) is 23.8 Å². The first-order valence-electron chi connectivity index (χ1n) is 9.10. The summed E-state index contributed by atoms with van der Waals surface area (Å²) in [5.41, 5.74) is 0.688. The number of hydrogen-bond acceptors (Lipinski definition) is 5. The molecule has 1 aromatic rings. The molecule has 7 nitrogen and oxygen atoms in total. The Balaban J connectivity index is 1.93. The van der Waals surface area contributed by atoms with E-state index >= 15 is 0 Å². The molecule has 1 fully saturated rings. The molecule has 1 aliphatic rings. The lowest BCUT2D eigenvalue weighted by Gasteiger charge is -2.34. The fraction of sp³-hybridized carbons (Fsp3) is 0.611. The zero-order valence-electron chi connectivity index (χ0n) is 15.8. The highest BCUT2D eigenvalue weighted by Gasteiger charge is 2.21. The molecule has 8 heteroatoms. The van der Waals surface area contributed by atoms with Gasteiger partial charge in [-0.15, -0.1) is 0 Å². The van der Waals surface area contributed by atoms with Crippen molar-refractivity contribution >= 4 is 15.9 Å². The van der Waals surface area contributed by atoms with E-state index in [0.717, 1.165) is 39.1 Å². The Hall–Kier alpha value is -1.64. The summed E-state index contributed by atoms with van der Waals surface area (Å²) in [6.45, 7) is 10.4. The molecule has 1 aliphatic heterocycles. The number of nitrogens with zero attached hydrogens (tertiary/aromatic N) is 2. The highest BCUT2D eigenvalue weighted by Crippen LogP contribution is 2.22. The van der Waals surface area contributed by atoms with Crippen molar-refractivity contribution in [3.8, 4) is 5.75 Å². The van der Waals surface area contributed by atoms with Crippen LogP contribution in [0.2, 0.25) is 0 Å². The molecule has 146 valence electrons. The standard InChI is InChI=1S/C18H29N3O4S/c1-4-8-19-26(23,24)16-6-7-17(15(3)13-16)25-14-18(22)21-11-9-20(5-2)10-12-21/h6-7,13,19H,4-5,8-12,14H2,1-3H3. The summed E-state index contributed by atoms with van der Waals surface area (Å²) in [5.74, 6) is 0.487. The number of nitrogens with one attached hydrogen (secondary N) is 1. The Morgan fingerprint density at radius 1 is 1.19 bits per heavy atom. The number of aryl methyl sites for hydroxylation is 1. The van der Waals surface area contributed by atoms with Gasteiger partial charge >= 0.3 is 0 Å². The SMILES string of the molecule is CCCNS(=O)(=O)c1ccc(OCC(=O)N2CCN(CC)CC2)c(C)c1. The topological polar surface area (TPSA) is 78.9 Å². The molecule has 0 atom stereocenters. The Kier molecular flexibility index (Phi) is 7.43. The molecular weight excluding hydrogens is 354 g/mol. The van der Waals surface area contributed by atoms with E-state index in [1.807, 2.05) is 11.8 Å². The van der Waals surface area contributed by atoms with Gasteiger partial charge in [-0.1, -0.05) is 13.8 Å². The predicted molar refractivity (Wildman–Crippen MR) is 101 cm³/mol. The molecule has 1 N–H and O–H groups in total. The Bertz CT molecular complexity index is 713. The van der Waals surface area contributed by atoms with Gasteiger partial charge in [-0.3, -0.25) is 4.79 Å². The third-order valence-electron chi connectivity index (χ3n) is 4.52. The monoisotopic (exact) mass is 383 g/mol. The summed E-state index contributed by atoms with van der Waals surface area (Å²) in [5, 5.41) is 0. The van der Waals surface area contributed by atoms with Crippen LogP contribution < -0.4 is 9.46 Å². The first kappa shape index (κ1) is 20.7. The Labute approximate surface area is 156 Å². The van der Waals surface area contributed by atoms with Crippen molar-refractivity contribution in [2.45, 2.75) is 32.1 Å². The van der Waals surface area contributed by atoms with Crippen molar-refractivity contribution < 1.29 is 17.9 Å². The van der Waals surface area contributed by atoms with E-state index in [0.29, 0.717) is 17.9 Å². The second kappa shape index (κ2) is 9.34. The number of likely N-dealkylation sites (N-methyl/N-ethyl adjacent to an activating group) is 1. The first-order valence-corrected chi connectivity index (χ1v) is 10.6. The molecule has 0 aliphatic carbocycles. The molecule has 0 saturated carbocycles. The summed E-state index contributed by atoms with van der Waals surface area (Å²) < 4.78 is 32.5. The van der Waals surface area contributed by atoms with Gasteiger partial charge in [0.25, 0.3) is 5.91 Å². The van der Waals surface area contributed by atoms with Crippen LogP contribution in [0.25, 0.3) is 0 Å². The second-order valence-electron chi connectivity index (χ2n) is 6.43. The van der Waals surface area contributed by atoms with Gasteiger partial charge in [0.05, 0.1) is 4.90 Å². The van der Waals surface area contributed by atoms with Crippen LogP contribution in [0.4, 0.5) is 0 Å². The molecule has 2 rings (SSSR count). The number of sulfonamides is 1. The minimum Gasteiger partial charge on any atom is -0.483 e. The molecule has 1 saturated heterocycles. The molecule has 26 heavy (non-hydrogen) atoms. The van der Waals surface area contributed by atoms with Crippen molar-refractivity contribution in [2.24, 2.45) is 0 Å². The van der Waals surface area contributed by atoms with Gasteiger partial charge < -0.3 is 14.5 Å². The molecule has 0 bridgehead atoms. The highest BCUT2D eigenvalue weighted by molar-refractivity contribution is 7.89. The van der Waals surface area contributed by atoms with Crippen LogP contribution >= 0.6 is 0 Å². The number of amides is 1. The van der Waals surface area contributed by atoms with Crippen molar-refractivity contribution in [1.29, 1.82) is 0 Å². The van der Waals surface area contributed by atoms with Crippen LogP contribution in [0.15, 0.2) is 23.1 Å². The summed E-state index contributed by atoms with van der Waals surface area (Å²) >= 11 is 0. The second-order valence-corrected chi connectivity index (χ2v) is 8.20. The summed E-state index contributed by atoms with van der Waals surface area (Å²) in [4.78, 5) is 16.6. The van der Waals surface area contributed by atoms with E-state index in [9.17, 15) is 13.2 Å². The normalized spacial score (nSPS) is 15.9. The van der Waals surface area contributed by atoms with Crippen LogP contribution in [-0.4, -0.2) is 70.0 Å². The maximum Gasteiger partial charge on any atom is 0.260 e. The van der Waals surface area contributed by atoms with Crippen LogP contribution in [0.5, 0.6) is 5.75 Å². The third-order valence-corrected chi connectivity index (χ3v) is 5.98. The van der Waals surface area contributed by atoms with Crippen LogP contribution in [-0.2, 0) is 14.8 Å². The minimum atomic E-state index is -3.50. The molecule has 0 aromatic heterocycles. The van der Waals surface area contributed by atoms with E-state index in [1.54, 1.807) is 19.1 Å². The van der Waals surface area contributed by atoms with E-state index in [2.05, 4.69) is 16.5 Å². The summed E-state index contributed by atoms with van der Waals surface area (Å²) in [6.07, 6.45) is 0.730. The zero-order chi connectivity index (χ0) is 19.2. The average Bonchev–Trinajstić information content (AvgIpc) is 2.65. The van der Waals surface area contributed by atoms with E-state index in [4.69, 9.17) is 4.74 Å². The quantitative estimate of drug-likeness (QED) is 0.730. The largest absolute Gasteiger partial charge is 0.483 e.